The van der Waals surface area contributed by atoms with Crippen LogP contribution in [-0.4, -0.2) is 17.7 Å². The summed E-state index contributed by atoms with van der Waals surface area (Å²) in [6, 6.07) is 9.06. The van der Waals surface area contributed by atoms with Crippen molar-refractivity contribution in [2.24, 2.45) is 0 Å². The Hall–Kier alpha value is -1.02. The van der Waals surface area contributed by atoms with Crippen LogP contribution < -0.4 is 4.90 Å². The fraction of sp³-hybridized carbons (Fsp3) is 0.600. The Balaban J connectivity index is 2.11. The van der Waals surface area contributed by atoms with Crippen molar-refractivity contribution in [3.63, 3.8) is 0 Å². The lowest BCUT2D eigenvalue weighted by Crippen LogP contribution is -2.37. The van der Waals surface area contributed by atoms with Crippen LogP contribution >= 0.6 is 0 Å². The molecule has 94 valence electrons. The van der Waals surface area contributed by atoms with Crippen molar-refractivity contribution in [2.75, 3.05) is 11.4 Å². The first kappa shape index (κ1) is 12.4. The number of hydrogen-bond acceptors (Lipinski definition) is 2. The van der Waals surface area contributed by atoms with Crippen molar-refractivity contribution in [3.05, 3.63) is 29.8 Å². The summed E-state index contributed by atoms with van der Waals surface area (Å²) in [5.74, 6) is 0. The highest BCUT2D eigenvalue weighted by Crippen LogP contribution is 2.26. The van der Waals surface area contributed by atoms with Crippen molar-refractivity contribution < 1.29 is 5.11 Å². The third-order valence-electron chi connectivity index (χ3n) is 3.80. The van der Waals surface area contributed by atoms with Crippen LogP contribution in [0.2, 0.25) is 0 Å². The molecule has 1 unspecified atom stereocenters. The molecule has 0 saturated carbocycles. The van der Waals surface area contributed by atoms with Crippen molar-refractivity contribution in [1.29, 1.82) is 0 Å². The molecule has 1 fully saturated rings. The summed E-state index contributed by atoms with van der Waals surface area (Å²) in [4.78, 5) is 2.48. The normalized spacial score (nSPS) is 22.5. The predicted octanol–water partition coefficient (Wildman–Crippen LogP) is 3.51. The number of hydrogen-bond donors (Lipinski definition) is 1. The molecule has 1 aromatic rings. The highest BCUT2D eigenvalue weighted by atomic mass is 16.3. The number of nitrogens with zero attached hydrogens (tertiary/aromatic N) is 1. The Morgan fingerprint density at radius 1 is 1.29 bits per heavy atom. The van der Waals surface area contributed by atoms with Crippen LogP contribution in [0, 0.1) is 0 Å². The average Bonchev–Trinajstić information content (AvgIpc) is 2.39. The smallest absolute Gasteiger partial charge is 0.0787 e. The molecule has 0 spiro atoms. The van der Waals surface area contributed by atoms with Crippen LogP contribution in [-0.2, 0) is 0 Å². The molecule has 2 nitrogen and oxygen atoms in total. The molecule has 17 heavy (non-hydrogen) atoms. The minimum absolute atomic E-state index is 0.317. The second-order valence-corrected chi connectivity index (χ2v) is 5.05. The van der Waals surface area contributed by atoms with Gasteiger partial charge in [-0.25, -0.2) is 0 Å². The van der Waals surface area contributed by atoms with E-state index in [9.17, 15) is 5.11 Å². The number of piperidine rings is 1. The molecule has 1 saturated heterocycles. The summed E-state index contributed by atoms with van der Waals surface area (Å²) in [5, 5.41) is 9.77. The molecule has 1 aromatic carbocycles. The molecule has 1 aliphatic rings. The monoisotopic (exact) mass is 233 g/mol. The molecule has 0 radical (unpaired) electrons. The van der Waals surface area contributed by atoms with Crippen molar-refractivity contribution in [2.45, 2.75) is 51.7 Å². The maximum atomic E-state index is 9.77. The SMILES string of the molecule is CC[C@@H](O)c1ccc(N2CCCCC2C)cc1. The molecule has 2 rings (SSSR count). The van der Waals surface area contributed by atoms with E-state index in [-0.39, 0.29) is 6.10 Å². The van der Waals surface area contributed by atoms with Crippen molar-refractivity contribution in [1.82, 2.24) is 0 Å². The first-order valence-electron chi connectivity index (χ1n) is 6.77. The van der Waals surface area contributed by atoms with E-state index in [0.29, 0.717) is 6.04 Å². The molecule has 2 atom stereocenters. The van der Waals surface area contributed by atoms with Gasteiger partial charge in [0.1, 0.15) is 0 Å². The summed E-state index contributed by atoms with van der Waals surface area (Å²) in [5.41, 5.74) is 2.32. The van der Waals surface area contributed by atoms with E-state index >= 15 is 0 Å². The Kier molecular flexibility index (Phi) is 4.06. The van der Waals surface area contributed by atoms with Gasteiger partial charge in [0, 0.05) is 18.3 Å². The van der Waals surface area contributed by atoms with Gasteiger partial charge in [0.05, 0.1) is 6.10 Å². The van der Waals surface area contributed by atoms with Crippen LogP contribution in [0.3, 0.4) is 0 Å². The van der Waals surface area contributed by atoms with Crippen LogP contribution in [0.25, 0.3) is 0 Å². The number of rotatable bonds is 3. The van der Waals surface area contributed by atoms with E-state index < -0.39 is 0 Å². The summed E-state index contributed by atoms with van der Waals surface area (Å²) >= 11 is 0. The maximum absolute atomic E-state index is 9.77. The summed E-state index contributed by atoms with van der Waals surface area (Å²) in [6.07, 6.45) is 4.40. The second-order valence-electron chi connectivity index (χ2n) is 5.05. The van der Waals surface area contributed by atoms with Gasteiger partial charge in [0.15, 0.2) is 0 Å². The van der Waals surface area contributed by atoms with Crippen molar-refractivity contribution >= 4 is 5.69 Å². The zero-order valence-electron chi connectivity index (χ0n) is 10.9. The molecule has 0 amide bonds. The van der Waals surface area contributed by atoms with Gasteiger partial charge in [-0.2, -0.15) is 0 Å². The molecule has 1 aliphatic heterocycles. The summed E-state index contributed by atoms with van der Waals surface area (Å²) < 4.78 is 0. The molecule has 0 aliphatic carbocycles. The molecular formula is C15H23NO. The Labute approximate surface area is 104 Å². The molecule has 0 aromatic heterocycles. The van der Waals surface area contributed by atoms with Gasteiger partial charge in [0.25, 0.3) is 0 Å². The predicted molar refractivity (Wildman–Crippen MR) is 72.4 cm³/mol. The van der Waals surface area contributed by atoms with Gasteiger partial charge in [-0.15, -0.1) is 0 Å². The number of benzene rings is 1. The van der Waals surface area contributed by atoms with E-state index in [1.165, 1.54) is 24.9 Å². The van der Waals surface area contributed by atoms with Gasteiger partial charge in [-0.1, -0.05) is 19.1 Å². The quantitative estimate of drug-likeness (QED) is 0.863. The highest BCUT2D eigenvalue weighted by Gasteiger charge is 2.18. The first-order chi connectivity index (χ1) is 8.22. The van der Waals surface area contributed by atoms with E-state index in [1.54, 1.807) is 0 Å². The van der Waals surface area contributed by atoms with Crippen LogP contribution in [0.4, 0.5) is 5.69 Å². The average molecular weight is 233 g/mol. The molecule has 1 heterocycles. The molecular weight excluding hydrogens is 210 g/mol. The van der Waals surface area contributed by atoms with E-state index in [4.69, 9.17) is 0 Å². The van der Waals surface area contributed by atoms with Gasteiger partial charge in [-0.05, 0) is 50.3 Å². The van der Waals surface area contributed by atoms with Gasteiger partial charge in [-0.3, -0.25) is 0 Å². The summed E-state index contributed by atoms with van der Waals surface area (Å²) in [7, 11) is 0. The van der Waals surface area contributed by atoms with Gasteiger partial charge in [0.2, 0.25) is 0 Å². The Bertz CT molecular complexity index is 346. The lowest BCUT2D eigenvalue weighted by atomic mass is 10.0. The molecule has 0 bridgehead atoms. The zero-order chi connectivity index (χ0) is 12.3. The lowest BCUT2D eigenvalue weighted by Gasteiger charge is -2.35. The standard InChI is InChI=1S/C15H23NO/c1-3-15(17)13-7-9-14(10-8-13)16-11-5-4-6-12(16)2/h7-10,12,15,17H,3-6,11H2,1-2H3/t12?,15-/m1/s1. The van der Waals surface area contributed by atoms with E-state index in [0.717, 1.165) is 18.5 Å². The van der Waals surface area contributed by atoms with Gasteiger partial charge >= 0.3 is 0 Å². The Morgan fingerprint density at radius 3 is 2.59 bits per heavy atom. The fourth-order valence-electron chi connectivity index (χ4n) is 2.61. The van der Waals surface area contributed by atoms with Gasteiger partial charge < -0.3 is 10.0 Å². The highest BCUT2D eigenvalue weighted by molar-refractivity contribution is 5.49. The number of anilines is 1. The minimum Gasteiger partial charge on any atom is -0.388 e. The second kappa shape index (κ2) is 5.54. The third kappa shape index (κ3) is 2.81. The summed E-state index contributed by atoms with van der Waals surface area (Å²) in [6.45, 7) is 5.47. The number of aliphatic hydroxyl groups is 1. The van der Waals surface area contributed by atoms with Crippen molar-refractivity contribution in [3.8, 4) is 0 Å². The van der Waals surface area contributed by atoms with E-state index in [2.05, 4.69) is 36.1 Å². The van der Waals surface area contributed by atoms with Crippen LogP contribution in [0.1, 0.15) is 51.2 Å². The third-order valence-corrected chi connectivity index (χ3v) is 3.80. The first-order valence-corrected chi connectivity index (χ1v) is 6.77. The fourth-order valence-corrected chi connectivity index (χ4v) is 2.61. The lowest BCUT2D eigenvalue weighted by molar-refractivity contribution is 0.173. The topological polar surface area (TPSA) is 23.5 Å². The van der Waals surface area contributed by atoms with Crippen LogP contribution in [0.5, 0.6) is 0 Å². The maximum Gasteiger partial charge on any atom is 0.0787 e. The Morgan fingerprint density at radius 2 is 2.00 bits per heavy atom. The minimum atomic E-state index is -0.317. The largest absolute Gasteiger partial charge is 0.388 e. The zero-order valence-corrected chi connectivity index (χ0v) is 10.9. The molecule has 1 N–H and O–H groups in total. The molecule has 2 heteroatoms. The van der Waals surface area contributed by atoms with E-state index in [1.807, 2.05) is 6.92 Å². The van der Waals surface area contributed by atoms with Crippen LogP contribution in [0.15, 0.2) is 24.3 Å². The number of aliphatic hydroxyl groups excluding tert-OH is 1.